The molecule has 1 aliphatic heterocycles. The van der Waals surface area contributed by atoms with Crippen LogP contribution in [0.1, 0.15) is 12.5 Å². The number of esters is 1. The molecule has 2 aromatic carbocycles. The quantitative estimate of drug-likeness (QED) is 0.387. The summed E-state index contributed by atoms with van der Waals surface area (Å²) in [5.74, 6) is 0.297. The van der Waals surface area contributed by atoms with Gasteiger partial charge >= 0.3 is 5.97 Å². The summed E-state index contributed by atoms with van der Waals surface area (Å²) in [6, 6.07) is 14.8. The van der Waals surface area contributed by atoms with Crippen molar-refractivity contribution >= 4 is 40.1 Å². The minimum absolute atomic E-state index is 0.223. The molecule has 35 heavy (non-hydrogen) atoms. The molecular formula is C26H25ClFN5O2. The average Bonchev–Trinajstić information content (AvgIpc) is 3.28. The fourth-order valence-electron chi connectivity index (χ4n) is 4.29. The molecule has 0 radical (unpaired) electrons. The highest BCUT2D eigenvalue weighted by Gasteiger charge is 2.22. The molecule has 9 heteroatoms. The fourth-order valence-corrected chi connectivity index (χ4v) is 4.46. The molecule has 5 rings (SSSR count). The zero-order valence-corrected chi connectivity index (χ0v) is 20.1. The number of fused-ring (bicyclic) bond motifs is 1. The molecule has 1 saturated heterocycles. The number of rotatable bonds is 6. The minimum Gasteiger partial charge on any atom is -0.466 e. The number of pyridine rings is 1. The number of nitrogens with one attached hydrogen (secondary N) is 1. The molecule has 0 atom stereocenters. The third-order valence-corrected chi connectivity index (χ3v) is 6.31. The van der Waals surface area contributed by atoms with E-state index in [9.17, 15) is 4.79 Å². The van der Waals surface area contributed by atoms with Crippen LogP contribution in [0.15, 0.2) is 54.7 Å². The highest BCUT2D eigenvalue weighted by atomic mass is 35.5. The van der Waals surface area contributed by atoms with Gasteiger partial charge < -0.3 is 19.5 Å². The second-order valence-electron chi connectivity index (χ2n) is 8.40. The topological polar surface area (TPSA) is 74.3 Å². The second-order valence-corrected chi connectivity index (χ2v) is 8.84. The lowest BCUT2D eigenvalue weighted by molar-refractivity contribution is -0.142. The van der Waals surface area contributed by atoms with Crippen molar-refractivity contribution in [3.05, 3.63) is 71.1 Å². The van der Waals surface area contributed by atoms with Crippen LogP contribution in [-0.4, -0.2) is 53.7 Å². The summed E-state index contributed by atoms with van der Waals surface area (Å²) in [6.07, 6.45) is 1.91. The number of aromatic amines is 1. The van der Waals surface area contributed by atoms with E-state index in [1.807, 2.05) is 35.2 Å². The summed E-state index contributed by atoms with van der Waals surface area (Å²) in [6.45, 7) is 4.96. The number of ether oxygens (including phenoxy) is 1. The molecule has 4 aromatic rings. The van der Waals surface area contributed by atoms with Crippen molar-refractivity contribution in [1.82, 2.24) is 15.0 Å². The van der Waals surface area contributed by atoms with Crippen LogP contribution in [-0.2, 0) is 16.0 Å². The molecule has 0 amide bonds. The number of nitrogens with zero attached hydrogens (tertiary/aromatic N) is 4. The third kappa shape index (κ3) is 5.07. The molecule has 1 aliphatic rings. The van der Waals surface area contributed by atoms with Crippen LogP contribution < -0.4 is 9.80 Å². The van der Waals surface area contributed by atoms with E-state index in [4.69, 9.17) is 16.3 Å². The molecule has 1 fully saturated rings. The van der Waals surface area contributed by atoms with Gasteiger partial charge in [-0.1, -0.05) is 23.7 Å². The Balaban J connectivity index is 1.23. The van der Waals surface area contributed by atoms with Gasteiger partial charge in [-0.2, -0.15) is 0 Å². The van der Waals surface area contributed by atoms with Gasteiger partial charge in [0.15, 0.2) is 11.6 Å². The molecule has 2 aromatic heterocycles. The number of hydrogen-bond acceptors (Lipinski definition) is 6. The van der Waals surface area contributed by atoms with Crippen LogP contribution >= 0.6 is 11.6 Å². The van der Waals surface area contributed by atoms with E-state index in [0.29, 0.717) is 41.9 Å². The van der Waals surface area contributed by atoms with E-state index in [2.05, 4.69) is 19.9 Å². The van der Waals surface area contributed by atoms with Crippen LogP contribution in [0.4, 0.5) is 15.9 Å². The minimum atomic E-state index is -0.377. The largest absolute Gasteiger partial charge is 0.466 e. The van der Waals surface area contributed by atoms with Crippen molar-refractivity contribution in [3.63, 3.8) is 0 Å². The van der Waals surface area contributed by atoms with Crippen molar-refractivity contribution in [2.75, 3.05) is 42.6 Å². The van der Waals surface area contributed by atoms with Crippen LogP contribution in [0.2, 0.25) is 5.02 Å². The lowest BCUT2D eigenvalue weighted by atomic mass is 10.1. The predicted molar refractivity (Wildman–Crippen MR) is 135 cm³/mol. The Hall–Kier alpha value is -3.65. The van der Waals surface area contributed by atoms with Crippen molar-refractivity contribution in [3.8, 4) is 11.4 Å². The van der Waals surface area contributed by atoms with Gasteiger partial charge in [-0.15, -0.1) is 0 Å². The number of halogens is 2. The molecule has 0 aliphatic carbocycles. The van der Waals surface area contributed by atoms with Gasteiger partial charge in [0.1, 0.15) is 5.82 Å². The summed E-state index contributed by atoms with van der Waals surface area (Å²) in [7, 11) is 0. The zero-order valence-electron chi connectivity index (χ0n) is 19.3. The standard InChI is InChI=1S/C26H25ClFN5O2/c1-2-35-24(34)13-17-3-6-20(7-4-17)32-9-11-33(12-10-32)26-21(28)14-18(16-29-26)25-30-22-8-5-19(27)15-23(22)31-25/h3-8,14-16H,2,9-13H2,1H3,(H,30,31). The lowest BCUT2D eigenvalue weighted by Crippen LogP contribution is -2.47. The summed E-state index contributed by atoms with van der Waals surface area (Å²) < 4.78 is 20.1. The number of anilines is 2. The second kappa shape index (κ2) is 9.92. The number of carbonyl (C=O) groups excluding carboxylic acids is 1. The van der Waals surface area contributed by atoms with E-state index >= 15 is 4.39 Å². The van der Waals surface area contributed by atoms with E-state index in [1.54, 1.807) is 25.3 Å². The Bertz CT molecular complexity index is 1350. The number of piperazine rings is 1. The van der Waals surface area contributed by atoms with Crippen molar-refractivity contribution in [1.29, 1.82) is 0 Å². The number of benzene rings is 2. The van der Waals surface area contributed by atoms with Gasteiger partial charge in [-0.05, 0) is 48.9 Å². The Morgan fingerprint density at radius 1 is 1.09 bits per heavy atom. The molecule has 0 unspecified atom stereocenters. The Morgan fingerprint density at radius 3 is 2.54 bits per heavy atom. The Labute approximate surface area is 207 Å². The van der Waals surface area contributed by atoms with Crippen LogP contribution in [0.25, 0.3) is 22.4 Å². The smallest absolute Gasteiger partial charge is 0.310 e. The average molecular weight is 494 g/mol. The molecule has 3 heterocycles. The third-order valence-electron chi connectivity index (χ3n) is 6.07. The number of aromatic nitrogens is 3. The Morgan fingerprint density at radius 2 is 1.83 bits per heavy atom. The predicted octanol–water partition coefficient (Wildman–Crippen LogP) is 4.85. The number of hydrogen-bond donors (Lipinski definition) is 1. The maximum atomic E-state index is 15.0. The maximum absolute atomic E-state index is 15.0. The molecule has 7 nitrogen and oxygen atoms in total. The first kappa shape index (κ1) is 23.1. The zero-order chi connectivity index (χ0) is 24.4. The van der Waals surface area contributed by atoms with Gasteiger partial charge in [-0.25, -0.2) is 14.4 Å². The van der Waals surface area contributed by atoms with Crippen LogP contribution in [0.3, 0.4) is 0 Å². The number of carbonyl (C=O) groups is 1. The highest BCUT2D eigenvalue weighted by molar-refractivity contribution is 6.31. The summed E-state index contributed by atoms with van der Waals surface area (Å²) in [5.41, 5.74) is 4.14. The maximum Gasteiger partial charge on any atom is 0.310 e. The first-order valence-electron chi connectivity index (χ1n) is 11.6. The van der Waals surface area contributed by atoms with E-state index in [-0.39, 0.29) is 18.2 Å². The van der Waals surface area contributed by atoms with E-state index in [0.717, 1.165) is 35.4 Å². The number of H-pyrrole nitrogens is 1. The first-order valence-corrected chi connectivity index (χ1v) is 11.9. The molecule has 180 valence electrons. The van der Waals surface area contributed by atoms with E-state index in [1.165, 1.54) is 6.07 Å². The van der Waals surface area contributed by atoms with Crippen molar-refractivity contribution in [2.24, 2.45) is 0 Å². The van der Waals surface area contributed by atoms with Gasteiger partial charge in [0.2, 0.25) is 0 Å². The van der Waals surface area contributed by atoms with Crippen molar-refractivity contribution < 1.29 is 13.9 Å². The highest BCUT2D eigenvalue weighted by Crippen LogP contribution is 2.27. The molecule has 0 spiro atoms. The first-order chi connectivity index (χ1) is 17.0. The number of imidazole rings is 1. The van der Waals surface area contributed by atoms with Gasteiger partial charge in [0.05, 0.1) is 24.1 Å². The lowest BCUT2D eigenvalue weighted by Gasteiger charge is -2.36. The van der Waals surface area contributed by atoms with Crippen LogP contribution in [0, 0.1) is 5.82 Å². The van der Waals surface area contributed by atoms with E-state index < -0.39 is 0 Å². The van der Waals surface area contributed by atoms with Gasteiger partial charge in [0, 0.05) is 48.6 Å². The normalized spacial score (nSPS) is 13.9. The van der Waals surface area contributed by atoms with Gasteiger partial charge in [-0.3, -0.25) is 4.79 Å². The monoisotopic (exact) mass is 493 g/mol. The molecular weight excluding hydrogens is 469 g/mol. The van der Waals surface area contributed by atoms with Crippen molar-refractivity contribution in [2.45, 2.75) is 13.3 Å². The Kier molecular flexibility index (Phi) is 6.55. The summed E-state index contributed by atoms with van der Waals surface area (Å²) in [5, 5.41) is 0.610. The molecule has 0 bridgehead atoms. The summed E-state index contributed by atoms with van der Waals surface area (Å²) >= 11 is 6.04. The molecule has 1 N–H and O–H groups in total. The fraction of sp³-hybridized carbons (Fsp3) is 0.269. The molecule has 0 saturated carbocycles. The van der Waals surface area contributed by atoms with Gasteiger partial charge in [0.25, 0.3) is 0 Å². The summed E-state index contributed by atoms with van der Waals surface area (Å²) in [4.78, 5) is 28.0. The van der Waals surface area contributed by atoms with Crippen LogP contribution in [0.5, 0.6) is 0 Å². The SMILES string of the molecule is CCOC(=O)Cc1ccc(N2CCN(c3ncc(-c4nc5ccc(Cl)cc5[nH]4)cc3F)CC2)cc1.